The van der Waals surface area contributed by atoms with Crippen LogP contribution in [0.5, 0.6) is 0 Å². The Morgan fingerprint density at radius 3 is 2.74 bits per heavy atom. The summed E-state index contributed by atoms with van der Waals surface area (Å²) in [5, 5.41) is 2.95. The molecule has 0 spiro atoms. The van der Waals surface area contributed by atoms with Gasteiger partial charge in [0.1, 0.15) is 0 Å². The normalized spacial score (nSPS) is 10.5. The zero-order valence-electron chi connectivity index (χ0n) is 11.3. The first-order valence-corrected chi connectivity index (χ1v) is 7.69. The third kappa shape index (κ3) is 5.22. The van der Waals surface area contributed by atoms with Crippen LogP contribution < -0.4 is 0 Å². The van der Waals surface area contributed by atoms with E-state index in [-0.39, 0.29) is 17.0 Å². The summed E-state index contributed by atoms with van der Waals surface area (Å²) < 4.78 is 0. The number of aromatic nitrogens is 2. The molecule has 6 heteroatoms. The van der Waals surface area contributed by atoms with Crippen molar-refractivity contribution in [2.24, 2.45) is 0 Å². The minimum Gasteiger partial charge on any atom is -0.309 e. The molecule has 2 aromatic heterocycles. The Bertz CT molecular complexity index is 501. The first kappa shape index (κ1) is 16.6. The molecule has 2 rings (SSSR count). The minimum absolute atomic E-state index is 0. The number of nitrogens with zero attached hydrogens (tertiary/aromatic N) is 3. The highest BCUT2D eigenvalue weighted by Crippen LogP contribution is 2.25. The molecule has 0 aliphatic heterocycles. The first-order chi connectivity index (χ1) is 8.65. The third-order valence-electron chi connectivity index (χ3n) is 2.38. The Hall–Kier alpha value is -0.430. The lowest BCUT2D eigenvalue weighted by Crippen LogP contribution is -2.15. The van der Waals surface area contributed by atoms with Gasteiger partial charge >= 0.3 is 0 Å². The van der Waals surface area contributed by atoms with Crippen LogP contribution >= 0.6 is 40.1 Å². The number of hydrogen-bond donors (Lipinski definition) is 0. The van der Waals surface area contributed by atoms with Gasteiger partial charge in [-0.2, -0.15) is 0 Å². The van der Waals surface area contributed by atoms with Crippen molar-refractivity contribution in [2.45, 2.75) is 12.1 Å². The quantitative estimate of drug-likeness (QED) is 0.600. The van der Waals surface area contributed by atoms with Gasteiger partial charge in [0.15, 0.2) is 5.16 Å². The number of thiophene rings is 1. The molecule has 19 heavy (non-hydrogen) atoms. The zero-order valence-corrected chi connectivity index (χ0v) is 14.6. The van der Waals surface area contributed by atoms with Gasteiger partial charge in [-0.05, 0) is 38.5 Å². The Morgan fingerprint density at radius 1 is 1.32 bits per heavy atom. The van der Waals surface area contributed by atoms with Gasteiger partial charge < -0.3 is 4.90 Å². The van der Waals surface area contributed by atoms with Crippen LogP contribution in [0.1, 0.15) is 5.69 Å². The summed E-state index contributed by atoms with van der Waals surface area (Å²) in [5.41, 5.74) is 2.06. The molecule has 0 fully saturated rings. The maximum Gasteiger partial charge on any atom is 0.188 e. The average Bonchev–Trinajstić information content (AvgIpc) is 2.81. The van der Waals surface area contributed by atoms with Crippen LogP contribution in [0, 0.1) is 6.92 Å². The number of halogens is 1. The van der Waals surface area contributed by atoms with E-state index in [2.05, 4.69) is 46.5 Å². The van der Waals surface area contributed by atoms with Crippen molar-refractivity contribution in [2.75, 3.05) is 26.4 Å². The number of thioether (sulfide) groups is 1. The molecule has 0 radical (unpaired) electrons. The standard InChI is InChI=1S/C13H17N3S2.BrH/c1-10-9-11(12-5-4-7-17-12)15-13(14-10)18-8-6-16(2)3;/h4-5,7,9H,6,8H2,1-3H3;1H. The van der Waals surface area contributed by atoms with Crippen molar-refractivity contribution in [1.82, 2.24) is 14.9 Å². The second kappa shape index (κ2) is 7.99. The van der Waals surface area contributed by atoms with Crippen LogP contribution in [-0.4, -0.2) is 41.3 Å². The number of hydrogen-bond acceptors (Lipinski definition) is 5. The summed E-state index contributed by atoms with van der Waals surface area (Å²) in [5.74, 6) is 1.01. The SMILES string of the molecule is Br.Cc1cc(-c2cccs2)nc(SCCN(C)C)n1. The molecule has 2 aromatic rings. The van der Waals surface area contributed by atoms with Crippen LogP contribution in [0.15, 0.2) is 28.7 Å². The van der Waals surface area contributed by atoms with Gasteiger partial charge in [-0.15, -0.1) is 28.3 Å². The summed E-state index contributed by atoms with van der Waals surface area (Å²) in [6.45, 7) is 3.06. The van der Waals surface area contributed by atoms with Crippen molar-refractivity contribution >= 4 is 40.1 Å². The fourth-order valence-electron chi connectivity index (χ4n) is 1.48. The van der Waals surface area contributed by atoms with Crippen LogP contribution in [0.2, 0.25) is 0 Å². The van der Waals surface area contributed by atoms with E-state index in [1.807, 2.05) is 13.0 Å². The predicted molar refractivity (Wildman–Crippen MR) is 89.7 cm³/mol. The Morgan fingerprint density at radius 2 is 2.11 bits per heavy atom. The van der Waals surface area contributed by atoms with Crippen molar-refractivity contribution in [3.05, 3.63) is 29.3 Å². The smallest absolute Gasteiger partial charge is 0.188 e. The lowest BCUT2D eigenvalue weighted by molar-refractivity contribution is 0.437. The Kier molecular flexibility index (Phi) is 6.99. The molecule has 0 aromatic carbocycles. The maximum absolute atomic E-state index is 4.62. The maximum atomic E-state index is 4.62. The van der Waals surface area contributed by atoms with Gasteiger partial charge in [0.05, 0.1) is 10.6 Å². The predicted octanol–water partition coefficient (Wildman–Crippen LogP) is 3.75. The van der Waals surface area contributed by atoms with Crippen molar-refractivity contribution in [3.8, 4) is 10.6 Å². The van der Waals surface area contributed by atoms with E-state index in [9.17, 15) is 0 Å². The topological polar surface area (TPSA) is 29.0 Å². The van der Waals surface area contributed by atoms with E-state index in [1.54, 1.807) is 23.1 Å². The summed E-state index contributed by atoms with van der Waals surface area (Å²) in [6.07, 6.45) is 0. The molecule has 0 N–H and O–H groups in total. The molecule has 2 heterocycles. The van der Waals surface area contributed by atoms with Gasteiger partial charge in [-0.1, -0.05) is 17.8 Å². The first-order valence-electron chi connectivity index (χ1n) is 5.82. The Balaban J connectivity index is 0.00000180. The van der Waals surface area contributed by atoms with E-state index in [0.29, 0.717) is 0 Å². The van der Waals surface area contributed by atoms with E-state index >= 15 is 0 Å². The molecule has 0 aliphatic carbocycles. The summed E-state index contributed by atoms with van der Waals surface area (Å²) in [7, 11) is 4.16. The van der Waals surface area contributed by atoms with Crippen molar-refractivity contribution in [1.29, 1.82) is 0 Å². The van der Waals surface area contributed by atoms with E-state index in [0.717, 1.165) is 28.8 Å². The number of rotatable bonds is 5. The van der Waals surface area contributed by atoms with Crippen LogP contribution in [-0.2, 0) is 0 Å². The molecule has 0 amide bonds. The summed E-state index contributed by atoms with van der Waals surface area (Å²) in [6, 6.07) is 6.19. The van der Waals surface area contributed by atoms with E-state index in [4.69, 9.17) is 0 Å². The van der Waals surface area contributed by atoms with E-state index in [1.165, 1.54) is 4.88 Å². The average molecular weight is 360 g/mol. The molecule has 104 valence electrons. The molecule has 0 bridgehead atoms. The van der Waals surface area contributed by atoms with Gasteiger partial charge in [-0.25, -0.2) is 9.97 Å². The Labute approximate surface area is 133 Å². The van der Waals surface area contributed by atoms with Crippen molar-refractivity contribution in [3.63, 3.8) is 0 Å². The van der Waals surface area contributed by atoms with Gasteiger partial charge in [0.25, 0.3) is 0 Å². The fraction of sp³-hybridized carbons (Fsp3) is 0.385. The number of aryl methyl sites for hydroxylation is 1. The zero-order chi connectivity index (χ0) is 13.0. The molecule has 3 nitrogen and oxygen atoms in total. The van der Waals surface area contributed by atoms with Crippen molar-refractivity contribution < 1.29 is 0 Å². The molecule has 0 unspecified atom stereocenters. The summed E-state index contributed by atoms with van der Waals surface area (Å²) >= 11 is 3.43. The van der Waals surface area contributed by atoms with Gasteiger partial charge in [0, 0.05) is 18.0 Å². The second-order valence-corrected chi connectivity index (χ2v) is 6.32. The molecule has 0 saturated heterocycles. The van der Waals surface area contributed by atoms with Crippen LogP contribution in [0.3, 0.4) is 0 Å². The molecule has 0 aliphatic rings. The second-order valence-electron chi connectivity index (χ2n) is 4.31. The highest BCUT2D eigenvalue weighted by atomic mass is 79.9. The third-order valence-corrected chi connectivity index (χ3v) is 4.10. The largest absolute Gasteiger partial charge is 0.309 e. The molecular weight excluding hydrogens is 342 g/mol. The lowest BCUT2D eigenvalue weighted by Gasteiger charge is -2.08. The molecule has 0 atom stereocenters. The lowest BCUT2D eigenvalue weighted by atomic mass is 10.3. The molecule has 0 saturated carbocycles. The van der Waals surface area contributed by atoms with Gasteiger partial charge in [0.2, 0.25) is 0 Å². The van der Waals surface area contributed by atoms with Crippen LogP contribution in [0.25, 0.3) is 10.6 Å². The molecular formula is C13H18BrN3S2. The van der Waals surface area contributed by atoms with Crippen LogP contribution in [0.4, 0.5) is 0 Å². The highest BCUT2D eigenvalue weighted by Gasteiger charge is 2.06. The monoisotopic (exact) mass is 359 g/mol. The summed E-state index contributed by atoms with van der Waals surface area (Å²) in [4.78, 5) is 12.5. The highest BCUT2D eigenvalue weighted by molar-refractivity contribution is 8.93. The van der Waals surface area contributed by atoms with E-state index < -0.39 is 0 Å². The minimum atomic E-state index is 0. The fourth-order valence-corrected chi connectivity index (χ4v) is 3.17. The van der Waals surface area contributed by atoms with Gasteiger partial charge in [-0.3, -0.25) is 0 Å².